The molecule has 1 aromatic rings. The van der Waals surface area contributed by atoms with Gasteiger partial charge in [-0.25, -0.2) is 8.42 Å². The first-order chi connectivity index (χ1) is 8.88. The molecule has 0 unspecified atom stereocenters. The van der Waals surface area contributed by atoms with Crippen molar-refractivity contribution in [2.75, 3.05) is 29.9 Å². The van der Waals surface area contributed by atoms with E-state index in [1.54, 1.807) is 6.92 Å². The number of nitrogens with one attached hydrogen (secondary N) is 2. The van der Waals surface area contributed by atoms with E-state index in [9.17, 15) is 13.2 Å². The number of rotatable bonds is 7. The second-order valence-electron chi connectivity index (χ2n) is 3.95. The van der Waals surface area contributed by atoms with Gasteiger partial charge in [0.25, 0.3) is 0 Å². The highest BCUT2D eigenvalue weighted by atomic mass is 32.2. The van der Waals surface area contributed by atoms with Crippen LogP contribution in [0.1, 0.15) is 20.3 Å². The van der Waals surface area contributed by atoms with Crippen molar-refractivity contribution < 1.29 is 13.2 Å². The lowest BCUT2D eigenvalue weighted by atomic mass is 10.5. The fraction of sp³-hybridized carbons (Fsp3) is 0.600. The monoisotopic (exact) mass is 306 g/mol. The highest BCUT2D eigenvalue weighted by Gasteiger charge is 2.24. The van der Waals surface area contributed by atoms with Crippen LogP contribution < -0.4 is 16.4 Å². The van der Waals surface area contributed by atoms with Crippen LogP contribution in [0.3, 0.4) is 0 Å². The molecule has 0 saturated carbocycles. The number of nitrogens with two attached hydrogens (primary N) is 1. The summed E-state index contributed by atoms with van der Waals surface area (Å²) in [7, 11) is -3.41. The molecule has 0 aliphatic heterocycles. The summed E-state index contributed by atoms with van der Waals surface area (Å²) in [5.41, 5.74) is 5.62. The van der Waals surface area contributed by atoms with Gasteiger partial charge < -0.3 is 16.4 Å². The zero-order valence-electron chi connectivity index (χ0n) is 10.9. The number of aromatic nitrogens is 1. The average molecular weight is 306 g/mol. The van der Waals surface area contributed by atoms with Crippen molar-refractivity contribution in [1.29, 1.82) is 0 Å². The van der Waals surface area contributed by atoms with E-state index < -0.39 is 9.84 Å². The van der Waals surface area contributed by atoms with E-state index in [2.05, 4.69) is 15.0 Å². The Morgan fingerprint density at radius 1 is 1.42 bits per heavy atom. The first-order valence-electron chi connectivity index (χ1n) is 5.84. The number of hydrogen-bond acceptors (Lipinski definition) is 7. The lowest BCUT2D eigenvalue weighted by Crippen LogP contribution is -2.26. The van der Waals surface area contributed by atoms with Gasteiger partial charge in [-0.1, -0.05) is 6.92 Å². The van der Waals surface area contributed by atoms with Gasteiger partial charge in [-0.15, -0.1) is 0 Å². The SMILES string of the molecule is CCCS(=O)(=O)c1c(N)nsc1NCCNC(C)=O. The van der Waals surface area contributed by atoms with Crippen molar-refractivity contribution in [3.05, 3.63) is 0 Å². The molecule has 0 radical (unpaired) electrons. The number of amides is 1. The lowest BCUT2D eigenvalue weighted by molar-refractivity contribution is -0.118. The first-order valence-corrected chi connectivity index (χ1v) is 8.27. The number of anilines is 2. The molecular formula is C10H18N4O3S2. The van der Waals surface area contributed by atoms with E-state index in [4.69, 9.17) is 5.73 Å². The highest BCUT2D eigenvalue weighted by Crippen LogP contribution is 2.32. The number of carbonyl (C=O) groups is 1. The summed E-state index contributed by atoms with van der Waals surface area (Å²) >= 11 is 1.01. The van der Waals surface area contributed by atoms with Gasteiger partial charge in [-0.05, 0) is 18.0 Å². The average Bonchev–Trinajstić information content (AvgIpc) is 2.66. The molecule has 19 heavy (non-hydrogen) atoms. The second kappa shape index (κ2) is 6.71. The van der Waals surface area contributed by atoms with E-state index in [0.717, 1.165) is 11.5 Å². The fourth-order valence-corrected chi connectivity index (χ4v) is 4.14. The Morgan fingerprint density at radius 2 is 2.11 bits per heavy atom. The largest absolute Gasteiger partial charge is 0.382 e. The van der Waals surface area contributed by atoms with Crippen molar-refractivity contribution in [2.45, 2.75) is 25.2 Å². The third-order valence-electron chi connectivity index (χ3n) is 2.24. The third kappa shape index (κ3) is 4.35. The summed E-state index contributed by atoms with van der Waals surface area (Å²) in [6.07, 6.45) is 0.517. The molecule has 1 rings (SSSR count). The van der Waals surface area contributed by atoms with E-state index in [1.807, 2.05) is 0 Å². The van der Waals surface area contributed by atoms with Crippen molar-refractivity contribution in [1.82, 2.24) is 9.69 Å². The van der Waals surface area contributed by atoms with Crippen LogP contribution in [0.4, 0.5) is 10.8 Å². The Hall–Kier alpha value is -1.35. The molecule has 7 nitrogen and oxygen atoms in total. The Balaban J connectivity index is 2.78. The molecule has 0 bridgehead atoms. The summed E-state index contributed by atoms with van der Waals surface area (Å²) in [6, 6.07) is 0. The minimum absolute atomic E-state index is 0.0282. The molecule has 1 amide bonds. The molecule has 0 fully saturated rings. The summed E-state index contributed by atoms with van der Waals surface area (Å²) in [4.78, 5) is 10.8. The molecule has 0 atom stereocenters. The van der Waals surface area contributed by atoms with Crippen LogP contribution in [0.15, 0.2) is 4.90 Å². The van der Waals surface area contributed by atoms with E-state index in [1.165, 1.54) is 6.92 Å². The normalized spacial score (nSPS) is 11.3. The van der Waals surface area contributed by atoms with Crippen molar-refractivity contribution in [3.63, 3.8) is 0 Å². The maximum atomic E-state index is 12.1. The molecule has 1 aromatic heterocycles. The lowest BCUT2D eigenvalue weighted by Gasteiger charge is -2.07. The Kier molecular flexibility index (Phi) is 5.55. The fourth-order valence-electron chi connectivity index (χ4n) is 1.49. The van der Waals surface area contributed by atoms with Gasteiger partial charge in [0.05, 0.1) is 5.75 Å². The van der Waals surface area contributed by atoms with Crippen LogP contribution in [0.2, 0.25) is 0 Å². The molecule has 0 saturated heterocycles. The van der Waals surface area contributed by atoms with E-state index in [-0.39, 0.29) is 22.4 Å². The third-order valence-corrected chi connectivity index (χ3v) is 5.17. The molecule has 108 valence electrons. The number of nitrogen functional groups attached to an aromatic ring is 1. The smallest absolute Gasteiger partial charge is 0.216 e. The molecule has 9 heteroatoms. The minimum atomic E-state index is -3.41. The highest BCUT2D eigenvalue weighted by molar-refractivity contribution is 7.91. The van der Waals surface area contributed by atoms with Gasteiger partial charge in [-0.3, -0.25) is 4.79 Å². The van der Waals surface area contributed by atoms with Gasteiger partial charge in [0, 0.05) is 20.0 Å². The van der Waals surface area contributed by atoms with Crippen LogP contribution in [0.25, 0.3) is 0 Å². The molecule has 0 aliphatic rings. The quantitative estimate of drug-likeness (QED) is 0.630. The summed E-state index contributed by atoms with van der Waals surface area (Å²) in [6.45, 7) is 4.02. The summed E-state index contributed by atoms with van der Waals surface area (Å²) in [5, 5.41) is 5.97. The summed E-state index contributed by atoms with van der Waals surface area (Å²) in [5.74, 6) is -0.0689. The van der Waals surface area contributed by atoms with Gasteiger partial charge in [0.15, 0.2) is 15.7 Å². The van der Waals surface area contributed by atoms with E-state index >= 15 is 0 Å². The topological polar surface area (TPSA) is 114 Å². The molecule has 0 spiro atoms. The maximum Gasteiger partial charge on any atom is 0.216 e. The molecule has 0 aliphatic carbocycles. The van der Waals surface area contributed by atoms with Crippen LogP contribution in [0.5, 0.6) is 0 Å². The van der Waals surface area contributed by atoms with Gasteiger partial charge in [-0.2, -0.15) is 4.37 Å². The molecular weight excluding hydrogens is 288 g/mol. The Bertz CT molecular complexity index is 539. The zero-order chi connectivity index (χ0) is 14.5. The summed E-state index contributed by atoms with van der Waals surface area (Å²) < 4.78 is 28.0. The van der Waals surface area contributed by atoms with E-state index in [0.29, 0.717) is 24.5 Å². The maximum absolute atomic E-state index is 12.1. The van der Waals surface area contributed by atoms with Crippen LogP contribution in [-0.4, -0.2) is 37.5 Å². The zero-order valence-corrected chi connectivity index (χ0v) is 12.5. The Morgan fingerprint density at radius 3 is 2.68 bits per heavy atom. The molecule has 1 heterocycles. The molecule has 0 aromatic carbocycles. The predicted molar refractivity (Wildman–Crippen MR) is 76.0 cm³/mol. The van der Waals surface area contributed by atoms with Gasteiger partial charge >= 0.3 is 0 Å². The first kappa shape index (κ1) is 15.7. The number of sulfone groups is 1. The number of carbonyl (C=O) groups excluding carboxylic acids is 1. The van der Waals surface area contributed by atoms with Crippen LogP contribution in [-0.2, 0) is 14.6 Å². The van der Waals surface area contributed by atoms with Gasteiger partial charge in [0.2, 0.25) is 5.91 Å². The van der Waals surface area contributed by atoms with Crippen LogP contribution in [0, 0.1) is 0 Å². The second-order valence-corrected chi connectivity index (χ2v) is 6.77. The predicted octanol–water partition coefficient (Wildman–Crippen LogP) is 0.457. The standard InChI is InChI=1S/C10H18N4O3S2/c1-3-6-19(16,17)8-9(11)14-18-10(8)13-5-4-12-7(2)15/h13H,3-6H2,1-2H3,(H2,11,14)(H,12,15). The number of nitrogens with zero attached hydrogens (tertiary/aromatic N) is 1. The van der Waals surface area contributed by atoms with Crippen LogP contribution >= 0.6 is 11.5 Å². The molecule has 4 N–H and O–H groups in total. The van der Waals surface area contributed by atoms with Crippen molar-refractivity contribution in [3.8, 4) is 0 Å². The minimum Gasteiger partial charge on any atom is -0.382 e. The van der Waals surface area contributed by atoms with Gasteiger partial charge in [0.1, 0.15) is 9.90 Å². The number of hydrogen-bond donors (Lipinski definition) is 3. The Labute approximate surface area is 116 Å². The van der Waals surface area contributed by atoms with Crippen molar-refractivity contribution in [2.24, 2.45) is 0 Å². The van der Waals surface area contributed by atoms with Crippen molar-refractivity contribution >= 4 is 38.1 Å².